The van der Waals surface area contributed by atoms with Crippen molar-refractivity contribution in [2.24, 2.45) is 0 Å². The van der Waals surface area contributed by atoms with E-state index >= 15 is 0 Å². The van der Waals surface area contributed by atoms with Gasteiger partial charge in [0.1, 0.15) is 0 Å². The van der Waals surface area contributed by atoms with Gasteiger partial charge in [-0.05, 0) is 0 Å². The molecule has 0 amide bonds. The van der Waals surface area contributed by atoms with Gasteiger partial charge in [0.25, 0.3) is 0 Å². The SMILES string of the molecule is C.[Cl][Sm][I]. The zero-order valence-corrected chi connectivity index (χ0v) is 6.70. The molecule has 0 N–H and O–H groups in total. The minimum absolute atomic E-state index is 0. The van der Waals surface area contributed by atoms with Crippen LogP contribution in [0.3, 0.4) is 0 Å². The van der Waals surface area contributed by atoms with E-state index in [0.717, 1.165) is 0 Å². The second-order valence-electron chi connectivity index (χ2n) is 0.0583. The zero-order chi connectivity index (χ0) is 2.71. The predicted molar refractivity (Wildman–Crippen MR) is 26.6 cm³/mol. The van der Waals surface area contributed by atoms with Crippen molar-refractivity contribution in [3.8, 4) is 0 Å². The summed E-state index contributed by atoms with van der Waals surface area (Å²) in [6, 6.07) is 0. The molecule has 0 spiro atoms. The summed E-state index contributed by atoms with van der Waals surface area (Å²) in [6.07, 6.45) is 0. The van der Waals surface area contributed by atoms with E-state index in [-0.39, 0.29) is 36.7 Å². The monoisotopic (exact) mass is 330 g/mol. The fourth-order valence-corrected chi connectivity index (χ4v) is 0. The van der Waals surface area contributed by atoms with Crippen LogP contribution < -0.4 is 0 Å². The third kappa shape index (κ3) is 8.84. The molecule has 0 aliphatic heterocycles. The molecular weight excluding hydrogens is 325 g/mol. The summed E-state index contributed by atoms with van der Waals surface area (Å²) in [5.74, 6) is 5.15. The van der Waals surface area contributed by atoms with Gasteiger partial charge in [-0.2, -0.15) is 0 Å². The first kappa shape index (κ1) is 9.61. The van der Waals surface area contributed by atoms with Crippen LogP contribution in [0.25, 0.3) is 0 Å². The molecule has 0 heterocycles. The fraction of sp³-hybridized carbons (Fsp3) is 1.00. The molecule has 0 aliphatic rings. The molecule has 3 heteroatoms. The molecule has 0 aromatic heterocycles. The minimum atomic E-state index is -0.308. The van der Waals surface area contributed by atoms with E-state index in [9.17, 15) is 0 Å². The fourth-order valence-electron chi connectivity index (χ4n) is 0. The van der Waals surface area contributed by atoms with Gasteiger partial charge >= 0.3 is 49.5 Å². The molecule has 0 atom stereocenters. The van der Waals surface area contributed by atoms with Crippen LogP contribution in [0.4, 0.5) is 0 Å². The quantitative estimate of drug-likeness (QED) is 0.598. The van der Waals surface area contributed by atoms with Gasteiger partial charge in [-0.15, -0.1) is 0 Å². The van der Waals surface area contributed by atoms with Crippen LogP contribution in [-0.4, -0.2) is 0 Å². The van der Waals surface area contributed by atoms with E-state index in [0.29, 0.717) is 0 Å². The van der Waals surface area contributed by atoms with Gasteiger partial charge in [0.05, 0.1) is 0 Å². The summed E-state index contributed by atoms with van der Waals surface area (Å²) in [5, 5.41) is 0. The third-order valence-electron chi connectivity index (χ3n) is 0. The number of rotatable bonds is 0. The second kappa shape index (κ2) is 9.02. The van der Waals surface area contributed by atoms with E-state index in [4.69, 9.17) is 5.89 Å². The van der Waals surface area contributed by atoms with Gasteiger partial charge in [0.2, 0.25) is 0 Å². The average Bonchev–Trinajstić information content (AvgIpc) is 0.918. The van der Waals surface area contributed by atoms with Gasteiger partial charge in [-0.1, -0.05) is 7.43 Å². The molecule has 0 unspecified atom stereocenters. The third-order valence-corrected chi connectivity index (χ3v) is 0. The summed E-state index contributed by atoms with van der Waals surface area (Å²) in [7, 11) is 0. The van der Waals surface area contributed by atoms with Crippen molar-refractivity contribution < 1.29 is 29.3 Å². The van der Waals surface area contributed by atoms with Gasteiger partial charge in [0.15, 0.2) is 0 Å². The van der Waals surface area contributed by atoms with Crippen molar-refractivity contribution in [3.63, 3.8) is 0 Å². The molecule has 0 radical (unpaired) electrons. The van der Waals surface area contributed by atoms with E-state index in [1.165, 1.54) is 0 Å². The number of halogens is 2. The number of hydrogen-bond donors (Lipinski definition) is 0. The molecular formula is CH4ClISm. The molecule has 0 aromatic carbocycles. The van der Waals surface area contributed by atoms with E-state index in [1.54, 1.807) is 0 Å². The Morgan fingerprint density at radius 1 is 1.75 bits per heavy atom. The molecule has 4 heavy (non-hydrogen) atoms. The topological polar surface area (TPSA) is 0 Å². The Morgan fingerprint density at radius 2 is 1.75 bits per heavy atom. The normalized spacial score (nSPS) is 4.50. The Labute approximate surface area is 55.4 Å². The maximum atomic E-state index is 5.15. The molecule has 0 nitrogen and oxygen atoms in total. The molecule has 28 valence electrons. The van der Waals surface area contributed by atoms with E-state index in [2.05, 4.69) is 14.3 Å². The molecule has 0 rings (SSSR count). The Kier molecular flexibility index (Phi) is 21.7. The zero-order valence-electron chi connectivity index (χ0n) is 1.16. The Balaban J connectivity index is 0. The summed E-state index contributed by atoms with van der Waals surface area (Å²) in [5.41, 5.74) is 0. The summed E-state index contributed by atoms with van der Waals surface area (Å²) >= 11 is 1.91. The van der Waals surface area contributed by atoms with Crippen molar-refractivity contribution in [2.45, 2.75) is 7.43 Å². The molecule has 0 saturated heterocycles. The van der Waals surface area contributed by atoms with Crippen LogP contribution >= 0.6 is 20.2 Å². The molecule has 0 fully saturated rings. The Hall–Kier alpha value is 2.36. The van der Waals surface area contributed by atoms with Crippen LogP contribution in [0.5, 0.6) is 0 Å². The standard InChI is InChI=1S/CH4.ClH.HI.Sm/h1H4;2*1H;/q;;;+2/p-2. The molecule has 0 saturated carbocycles. The molecule has 0 bridgehead atoms. The summed E-state index contributed by atoms with van der Waals surface area (Å²) in [4.78, 5) is 0. The van der Waals surface area contributed by atoms with Crippen molar-refractivity contribution in [2.75, 3.05) is 0 Å². The van der Waals surface area contributed by atoms with Crippen LogP contribution in [0.1, 0.15) is 7.43 Å². The molecule has 0 aliphatic carbocycles. The van der Waals surface area contributed by atoms with Gasteiger partial charge in [-0.3, -0.25) is 0 Å². The van der Waals surface area contributed by atoms with E-state index in [1.807, 2.05) is 0 Å². The van der Waals surface area contributed by atoms with Crippen LogP contribution in [-0.2, 0) is 0 Å². The van der Waals surface area contributed by atoms with Crippen molar-refractivity contribution >= 4 is 20.2 Å². The first-order valence-electron chi connectivity index (χ1n) is 0.309. The first-order valence-corrected chi connectivity index (χ1v) is 11.1. The maximum absolute atomic E-state index is 5.15. The van der Waals surface area contributed by atoms with Gasteiger partial charge < -0.3 is 0 Å². The van der Waals surface area contributed by atoms with Crippen molar-refractivity contribution in [1.82, 2.24) is 0 Å². The molecule has 0 aromatic rings. The van der Waals surface area contributed by atoms with Crippen molar-refractivity contribution in [1.29, 1.82) is 0 Å². The number of hydrogen-bond acceptors (Lipinski definition) is 0. The summed E-state index contributed by atoms with van der Waals surface area (Å²) < 4.78 is 0. The first-order chi connectivity index (χ1) is 1.41. The van der Waals surface area contributed by atoms with E-state index < -0.39 is 0 Å². The van der Waals surface area contributed by atoms with Crippen LogP contribution in [0.15, 0.2) is 0 Å². The Bertz CT molecular complexity index is 8.00. The predicted octanol–water partition coefficient (Wildman–Crippen LogP) is 2.21. The summed E-state index contributed by atoms with van der Waals surface area (Å²) in [6.45, 7) is 0. The Morgan fingerprint density at radius 3 is 1.75 bits per heavy atom. The average molecular weight is 329 g/mol. The van der Waals surface area contributed by atoms with Gasteiger partial charge in [0, 0.05) is 0 Å². The van der Waals surface area contributed by atoms with Gasteiger partial charge in [-0.25, -0.2) is 0 Å². The van der Waals surface area contributed by atoms with Crippen LogP contribution in [0.2, 0.25) is 0 Å². The van der Waals surface area contributed by atoms with Crippen LogP contribution in [0, 0.1) is 29.3 Å². The van der Waals surface area contributed by atoms with Crippen molar-refractivity contribution in [3.05, 3.63) is 0 Å². The second-order valence-corrected chi connectivity index (χ2v) is 8.70.